The van der Waals surface area contributed by atoms with Crippen LogP contribution in [0.5, 0.6) is 0 Å². The van der Waals surface area contributed by atoms with Crippen LogP contribution in [0.4, 0.5) is 0 Å². The predicted octanol–water partition coefficient (Wildman–Crippen LogP) is 2.02. The molecule has 0 spiro atoms. The highest BCUT2D eigenvalue weighted by Gasteiger charge is 2.23. The zero-order chi connectivity index (χ0) is 9.26. The van der Waals surface area contributed by atoms with Gasteiger partial charge < -0.3 is 10.4 Å². The van der Waals surface area contributed by atoms with Gasteiger partial charge in [0.05, 0.1) is 0 Å². The second kappa shape index (κ2) is 3.30. The van der Waals surface area contributed by atoms with E-state index in [0.717, 1.165) is 11.1 Å². The molecule has 0 aromatic heterocycles. The molecular formula is C10H10ClNO. The number of rotatable bonds is 1. The molecule has 2 rings (SSSR count). The van der Waals surface area contributed by atoms with Crippen LogP contribution >= 0.6 is 11.6 Å². The van der Waals surface area contributed by atoms with Crippen LogP contribution < -0.4 is 5.32 Å². The Hall–Kier alpha value is -1.15. The molecule has 1 aliphatic heterocycles. The number of dihydropyridines is 1. The van der Waals surface area contributed by atoms with Gasteiger partial charge in [0, 0.05) is 5.88 Å². The largest absolute Gasteiger partial charge is 0.510 e. The molecule has 0 aromatic carbocycles. The molecule has 0 saturated heterocycles. The lowest BCUT2D eigenvalue weighted by atomic mass is 9.91. The summed E-state index contributed by atoms with van der Waals surface area (Å²) in [6.07, 6.45) is 9.23. The van der Waals surface area contributed by atoms with E-state index < -0.39 is 0 Å². The number of fused-ring (bicyclic) bond motifs is 1. The maximum Gasteiger partial charge on any atom is 0.119 e. The summed E-state index contributed by atoms with van der Waals surface area (Å²) < 4.78 is 0. The first-order valence-corrected chi connectivity index (χ1v) is 4.65. The van der Waals surface area contributed by atoms with Gasteiger partial charge in [-0.15, -0.1) is 11.6 Å². The Kier molecular flexibility index (Phi) is 2.15. The van der Waals surface area contributed by atoms with E-state index in [4.69, 9.17) is 11.6 Å². The van der Waals surface area contributed by atoms with Crippen molar-refractivity contribution in [3.63, 3.8) is 0 Å². The fourth-order valence-electron chi connectivity index (χ4n) is 1.53. The van der Waals surface area contributed by atoms with Crippen LogP contribution in [0.2, 0.25) is 0 Å². The van der Waals surface area contributed by atoms with Gasteiger partial charge in [-0.2, -0.15) is 0 Å². The summed E-state index contributed by atoms with van der Waals surface area (Å²) >= 11 is 5.78. The molecule has 68 valence electrons. The molecule has 0 radical (unpaired) electrons. The van der Waals surface area contributed by atoms with Crippen molar-refractivity contribution in [1.82, 2.24) is 5.32 Å². The molecule has 0 fully saturated rings. The van der Waals surface area contributed by atoms with Crippen LogP contribution in [0.1, 0.15) is 0 Å². The first-order valence-electron chi connectivity index (χ1n) is 4.12. The minimum Gasteiger partial charge on any atom is -0.510 e. The molecule has 0 amide bonds. The summed E-state index contributed by atoms with van der Waals surface area (Å²) in [5.41, 5.74) is 2.11. The van der Waals surface area contributed by atoms with E-state index in [9.17, 15) is 5.11 Å². The molecule has 1 heterocycles. The number of hydrogen-bond donors (Lipinski definition) is 2. The molecule has 3 heteroatoms. The molecule has 1 unspecified atom stereocenters. The highest BCUT2D eigenvalue weighted by atomic mass is 35.5. The van der Waals surface area contributed by atoms with Crippen molar-refractivity contribution < 1.29 is 5.11 Å². The Morgan fingerprint density at radius 2 is 2.23 bits per heavy atom. The van der Waals surface area contributed by atoms with E-state index in [0.29, 0.717) is 11.6 Å². The van der Waals surface area contributed by atoms with Gasteiger partial charge in [-0.3, -0.25) is 0 Å². The number of hydrogen-bond acceptors (Lipinski definition) is 2. The van der Waals surface area contributed by atoms with Crippen molar-refractivity contribution in [2.45, 2.75) is 6.04 Å². The van der Waals surface area contributed by atoms with Gasteiger partial charge in [0.25, 0.3) is 0 Å². The van der Waals surface area contributed by atoms with Gasteiger partial charge in [0.15, 0.2) is 0 Å². The standard InChI is InChI=1S/C10H10ClNO/c11-6-7-3-4-9(13)10-8(7)2-1-5-12-10/h1-5,10,12-13H,6H2. The quantitative estimate of drug-likeness (QED) is 0.628. The lowest BCUT2D eigenvalue weighted by Crippen LogP contribution is -2.33. The van der Waals surface area contributed by atoms with E-state index in [1.807, 2.05) is 24.4 Å². The van der Waals surface area contributed by atoms with Gasteiger partial charge in [-0.25, -0.2) is 0 Å². The minimum atomic E-state index is -0.108. The first kappa shape index (κ1) is 8.45. The van der Waals surface area contributed by atoms with Crippen LogP contribution in [-0.2, 0) is 0 Å². The fourth-order valence-corrected chi connectivity index (χ4v) is 1.77. The molecule has 2 N–H and O–H groups in total. The highest BCUT2D eigenvalue weighted by molar-refractivity contribution is 6.19. The Bertz CT molecular complexity index is 339. The third-order valence-electron chi connectivity index (χ3n) is 2.21. The monoisotopic (exact) mass is 195 g/mol. The molecule has 1 atom stereocenters. The Balaban J connectivity index is 2.41. The van der Waals surface area contributed by atoms with Gasteiger partial charge in [-0.1, -0.05) is 12.2 Å². The number of alkyl halides is 1. The summed E-state index contributed by atoms with van der Waals surface area (Å²) in [7, 11) is 0. The Labute approximate surface area is 81.9 Å². The topological polar surface area (TPSA) is 32.3 Å². The van der Waals surface area contributed by atoms with Crippen LogP contribution in [0.3, 0.4) is 0 Å². The molecule has 0 aromatic rings. The lowest BCUT2D eigenvalue weighted by molar-refractivity contribution is 0.366. The van der Waals surface area contributed by atoms with Gasteiger partial charge in [-0.05, 0) is 29.5 Å². The minimum absolute atomic E-state index is 0.108. The van der Waals surface area contributed by atoms with Gasteiger partial charge >= 0.3 is 0 Å². The first-order chi connectivity index (χ1) is 6.33. The summed E-state index contributed by atoms with van der Waals surface area (Å²) in [5.74, 6) is 0.811. The maximum atomic E-state index is 9.55. The van der Waals surface area contributed by atoms with Crippen LogP contribution in [0, 0.1) is 0 Å². The second-order valence-corrected chi connectivity index (χ2v) is 3.27. The molecule has 13 heavy (non-hydrogen) atoms. The number of aliphatic hydroxyl groups is 1. The molecule has 2 nitrogen and oxygen atoms in total. The van der Waals surface area contributed by atoms with Crippen molar-refractivity contribution >= 4 is 11.6 Å². The van der Waals surface area contributed by atoms with E-state index >= 15 is 0 Å². The number of nitrogens with one attached hydrogen (secondary N) is 1. The van der Waals surface area contributed by atoms with E-state index in [1.54, 1.807) is 6.08 Å². The smallest absolute Gasteiger partial charge is 0.119 e. The maximum absolute atomic E-state index is 9.55. The van der Waals surface area contributed by atoms with Crippen molar-refractivity contribution in [1.29, 1.82) is 0 Å². The third kappa shape index (κ3) is 1.38. The molecule has 2 aliphatic rings. The van der Waals surface area contributed by atoms with Crippen molar-refractivity contribution in [3.05, 3.63) is 47.4 Å². The lowest BCUT2D eigenvalue weighted by Gasteiger charge is -2.26. The van der Waals surface area contributed by atoms with Crippen molar-refractivity contribution in [2.24, 2.45) is 0 Å². The zero-order valence-corrected chi connectivity index (χ0v) is 7.75. The normalized spacial score (nSPS) is 25.3. The van der Waals surface area contributed by atoms with Crippen LogP contribution in [0.25, 0.3) is 0 Å². The second-order valence-electron chi connectivity index (χ2n) is 3.00. The fraction of sp³-hybridized carbons (Fsp3) is 0.200. The van der Waals surface area contributed by atoms with E-state index in [2.05, 4.69) is 5.32 Å². The molecule has 0 bridgehead atoms. The molecule has 1 aliphatic carbocycles. The number of allylic oxidation sites excluding steroid dienone is 4. The van der Waals surface area contributed by atoms with Gasteiger partial charge in [0.2, 0.25) is 0 Å². The van der Waals surface area contributed by atoms with E-state index in [1.165, 1.54) is 0 Å². The average Bonchev–Trinajstić information content (AvgIpc) is 2.19. The summed E-state index contributed by atoms with van der Waals surface area (Å²) in [5, 5.41) is 12.6. The summed E-state index contributed by atoms with van der Waals surface area (Å²) in [6, 6.07) is -0.108. The van der Waals surface area contributed by atoms with E-state index in [-0.39, 0.29) is 6.04 Å². The van der Waals surface area contributed by atoms with Crippen LogP contribution in [0.15, 0.2) is 47.4 Å². The summed E-state index contributed by atoms with van der Waals surface area (Å²) in [6.45, 7) is 0. The van der Waals surface area contributed by atoms with Gasteiger partial charge in [0.1, 0.15) is 11.8 Å². The Morgan fingerprint density at radius 3 is 3.00 bits per heavy atom. The molecule has 0 saturated carbocycles. The van der Waals surface area contributed by atoms with Crippen molar-refractivity contribution in [2.75, 3.05) is 5.88 Å². The summed E-state index contributed by atoms with van der Waals surface area (Å²) in [4.78, 5) is 0. The molecular weight excluding hydrogens is 186 g/mol. The highest BCUT2D eigenvalue weighted by Crippen LogP contribution is 2.26. The zero-order valence-electron chi connectivity index (χ0n) is 7.00. The van der Waals surface area contributed by atoms with Crippen LogP contribution in [-0.4, -0.2) is 17.0 Å². The predicted molar refractivity (Wildman–Crippen MR) is 53.7 cm³/mol. The Morgan fingerprint density at radius 1 is 1.38 bits per heavy atom. The van der Waals surface area contributed by atoms with Crippen molar-refractivity contribution in [3.8, 4) is 0 Å². The number of halogens is 1. The number of aliphatic hydroxyl groups excluding tert-OH is 1. The average molecular weight is 196 g/mol. The third-order valence-corrected chi connectivity index (χ3v) is 2.50. The SMILES string of the molecule is OC1=CC=C(CCl)C2=CC=CNC12.